The average Bonchev–Trinajstić information content (AvgIpc) is 4.33. The number of benzene rings is 9. The van der Waals surface area contributed by atoms with E-state index < -0.39 is 6.37 Å². The largest absolute Gasteiger partial charge is 0.507 e. The van der Waals surface area contributed by atoms with E-state index in [1.54, 1.807) is 0 Å². The molecule has 0 spiro atoms. The molecule has 0 amide bonds. The first-order valence-corrected chi connectivity index (χ1v) is 25.9. The number of phenols is 1. The topological polar surface area (TPSA) is 50.9 Å². The Bertz CT molecular complexity index is 3900. The van der Waals surface area contributed by atoms with Crippen LogP contribution in [0.25, 0.3) is 106 Å². The molecular formula is C70H58N3OPt-. The molecule has 4 nitrogen and oxygen atoms in total. The minimum atomic E-state index is -1.36. The van der Waals surface area contributed by atoms with Crippen molar-refractivity contribution in [3.63, 3.8) is 0 Å². The second-order valence-electron chi connectivity index (χ2n) is 20.6. The Balaban J connectivity index is 0.00000631. The molecule has 0 bridgehead atoms. The van der Waals surface area contributed by atoms with Crippen LogP contribution in [0.2, 0.25) is 0 Å². The van der Waals surface area contributed by atoms with Gasteiger partial charge in [-0.1, -0.05) is 239 Å². The first kappa shape index (κ1) is 46.8. The van der Waals surface area contributed by atoms with Crippen molar-refractivity contribution in [2.24, 2.45) is 5.92 Å². The number of rotatable bonds is 11. The molecule has 1 N–H and O–H groups in total. The van der Waals surface area contributed by atoms with E-state index >= 15 is 0 Å². The predicted molar refractivity (Wildman–Crippen MR) is 307 cm³/mol. The molecule has 0 unspecified atom stereocenters. The molecule has 1 aliphatic rings. The summed E-state index contributed by atoms with van der Waals surface area (Å²) in [5, 5.41) is 12.8. The van der Waals surface area contributed by atoms with Crippen LogP contribution in [0.1, 0.15) is 60.3 Å². The summed E-state index contributed by atoms with van der Waals surface area (Å²) in [6, 6.07) is 78.9. The van der Waals surface area contributed by atoms with Crippen LogP contribution in [0.5, 0.6) is 5.75 Å². The number of nitrogens with zero attached hydrogens (tertiary/aromatic N) is 3. The Labute approximate surface area is 458 Å². The molecule has 2 heterocycles. The summed E-state index contributed by atoms with van der Waals surface area (Å²) in [5.74, 6) is 0.803. The molecule has 0 saturated heterocycles. The van der Waals surface area contributed by atoms with Crippen LogP contribution in [0.3, 0.4) is 0 Å². The van der Waals surface area contributed by atoms with Crippen molar-refractivity contribution < 1.29 is 28.9 Å². The van der Waals surface area contributed by atoms with E-state index in [2.05, 4.69) is 165 Å². The van der Waals surface area contributed by atoms with E-state index in [1.165, 1.54) is 5.56 Å². The number of fused-ring (bicyclic) bond motifs is 1. The number of phenolic OH excluding ortho intramolecular Hbond substituents is 1. The molecule has 2 aromatic heterocycles. The number of hydrogen-bond donors (Lipinski definition) is 1. The van der Waals surface area contributed by atoms with Crippen LogP contribution in [0, 0.1) is 12.0 Å². The van der Waals surface area contributed by atoms with Gasteiger partial charge in [-0.2, -0.15) is 0 Å². The zero-order valence-corrected chi connectivity index (χ0v) is 44.6. The van der Waals surface area contributed by atoms with E-state index in [-0.39, 0.29) is 38.1 Å². The maximum Gasteiger partial charge on any atom is 0.148 e. The summed E-state index contributed by atoms with van der Waals surface area (Å²) in [4.78, 5) is 10.6. The van der Waals surface area contributed by atoms with Crippen LogP contribution in [0.15, 0.2) is 225 Å². The first-order chi connectivity index (χ1) is 37.0. The normalized spacial score (nSPS) is 13.3. The third-order valence-electron chi connectivity index (χ3n) is 14.7. The number of para-hydroxylation sites is 2. The molecule has 370 valence electrons. The summed E-state index contributed by atoms with van der Waals surface area (Å²) in [6.07, 6.45) is 4.55. The fourth-order valence-electron chi connectivity index (χ4n) is 10.8. The van der Waals surface area contributed by atoms with Gasteiger partial charge < -0.3 is 5.11 Å². The van der Waals surface area contributed by atoms with Crippen molar-refractivity contribution in [3.05, 3.63) is 242 Å². The van der Waals surface area contributed by atoms with Gasteiger partial charge in [0.15, 0.2) is 0 Å². The fraction of sp³-hybridized carbons (Fsp3) is 0.143. The van der Waals surface area contributed by atoms with Gasteiger partial charge in [-0.3, -0.25) is 9.55 Å². The third-order valence-corrected chi connectivity index (χ3v) is 14.7. The number of pyridine rings is 1. The summed E-state index contributed by atoms with van der Waals surface area (Å²) in [7, 11) is 0. The zero-order valence-electron chi connectivity index (χ0n) is 44.4. The standard InChI is InChI=1S/C70H58N3O.Pt/c1-70(2,3)57-37-38-65(63(46-57)52-25-11-6-12-26-52)73-66-32-18-29-59(67(66)72-69(73)62-31-17-30-61(68(62)74)60-28-16-15-27-58(60)51-23-9-5-10-24-51)55-42-54(49-21-7-4-8-22-49)43-56(44-55)64-45-53(39-40-71-64)50-35-33-48(34-36-50)41-47-19-13-14-20-47;/h4-12,15-18,21-40,42-43,45-47,74H,13-14,19-20,41H2,1-3H3;/q-1;/i41D2;. The molecule has 12 rings (SSSR count). The van der Waals surface area contributed by atoms with Crippen molar-refractivity contribution in [2.75, 3.05) is 0 Å². The minimum absolute atomic E-state index is 0. The van der Waals surface area contributed by atoms with E-state index in [0.29, 0.717) is 17.0 Å². The van der Waals surface area contributed by atoms with Crippen LogP contribution in [0.4, 0.5) is 0 Å². The quantitative estimate of drug-likeness (QED) is 0.131. The van der Waals surface area contributed by atoms with Crippen LogP contribution in [-0.2, 0) is 32.9 Å². The van der Waals surface area contributed by atoms with Gasteiger partial charge in [0.2, 0.25) is 0 Å². The van der Waals surface area contributed by atoms with Gasteiger partial charge in [0.05, 0.1) is 22.3 Å². The van der Waals surface area contributed by atoms with Gasteiger partial charge in [-0.15, -0.1) is 23.8 Å². The average molecular weight is 1150 g/mol. The number of aromatic hydroxyl groups is 1. The SMILES string of the molecule is [2H]C([2H])(c1ccc(-c2ccnc(-c3[c-]c(-c4cccc5c4nc(-c4cccc(-c6ccccc6-c6ccccc6)c4O)n5-c4ccc(C(C)(C)C)cc4-c4ccccc4)cc(-c4ccccc4)c3)c2)cc1)C1CCCC1.[Pt]. The molecule has 1 saturated carbocycles. The van der Waals surface area contributed by atoms with E-state index in [9.17, 15) is 5.11 Å². The molecule has 1 aliphatic carbocycles. The van der Waals surface area contributed by atoms with Crippen molar-refractivity contribution in [1.29, 1.82) is 0 Å². The molecule has 11 aromatic rings. The van der Waals surface area contributed by atoms with Gasteiger partial charge >= 0.3 is 0 Å². The zero-order chi connectivity index (χ0) is 52.0. The molecule has 0 atom stereocenters. The predicted octanol–water partition coefficient (Wildman–Crippen LogP) is 18.3. The number of aromatic nitrogens is 3. The summed E-state index contributed by atoms with van der Waals surface area (Å²) < 4.78 is 20.3. The smallest absolute Gasteiger partial charge is 0.148 e. The van der Waals surface area contributed by atoms with Crippen molar-refractivity contribution in [1.82, 2.24) is 14.5 Å². The second-order valence-corrected chi connectivity index (χ2v) is 20.6. The Morgan fingerprint density at radius 2 is 1.12 bits per heavy atom. The molecule has 9 aromatic carbocycles. The maximum atomic E-state index is 12.8. The molecule has 75 heavy (non-hydrogen) atoms. The van der Waals surface area contributed by atoms with E-state index in [1.807, 2.05) is 91.1 Å². The number of hydrogen-bond acceptors (Lipinski definition) is 3. The molecule has 1 fully saturated rings. The summed E-state index contributed by atoms with van der Waals surface area (Å²) in [6.45, 7) is 6.73. The van der Waals surface area contributed by atoms with Crippen molar-refractivity contribution in [3.8, 4) is 101 Å². The minimum Gasteiger partial charge on any atom is -0.507 e. The molecule has 0 radical (unpaired) electrons. The van der Waals surface area contributed by atoms with Gasteiger partial charge in [0, 0.05) is 46.8 Å². The van der Waals surface area contributed by atoms with E-state index in [4.69, 9.17) is 12.7 Å². The Hall–Kier alpha value is -7.91. The molecule has 0 aliphatic heterocycles. The van der Waals surface area contributed by atoms with Crippen LogP contribution >= 0.6 is 0 Å². The Morgan fingerprint density at radius 1 is 0.533 bits per heavy atom. The van der Waals surface area contributed by atoms with Crippen LogP contribution in [-0.4, -0.2) is 19.6 Å². The van der Waals surface area contributed by atoms with Gasteiger partial charge in [-0.25, -0.2) is 4.98 Å². The van der Waals surface area contributed by atoms with Crippen LogP contribution < -0.4 is 0 Å². The van der Waals surface area contributed by atoms with E-state index in [0.717, 1.165) is 120 Å². The molecule has 5 heteroatoms. The van der Waals surface area contributed by atoms with Gasteiger partial charge in [0.1, 0.15) is 11.6 Å². The summed E-state index contributed by atoms with van der Waals surface area (Å²) in [5.41, 5.74) is 18.3. The third kappa shape index (κ3) is 9.96. The maximum absolute atomic E-state index is 12.8. The Morgan fingerprint density at radius 3 is 1.83 bits per heavy atom. The summed E-state index contributed by atoms with van der Waals surface area (Å²) >= 11 is 0. The first-order valence-electron chi connectivity index (χ1n) is 26.9. The van der Waals surface area contributed by atoms with Gasteiger partial charge in [0.25, 0.3) is 0 Å². The fourth-order valence-corrected chi connectivity index (χ4v) is 10.8. The monoisotopic (exact) mass is 1150 g/mol. The number of imidazole rings is 1. The Kier molecular flexibility index (Phi) is 13.2. The van der Waals surface area contributed by atoms with Gasteiger partial charge in [-0.05, 0) is 98.1 Å². The van der Waals surface area contributed by atoms with Crippen molar-refractivity contribution in [2.45, 2.75) is 58.2 Å². The molecular weight excluding hydrogens is 1090 g/mol. The second kappa shape index (κ2) is 21.1. The van der Waals surface area contributed by atoms with Crippen molar-refractivity contribution >= 4 is 11.0 Å².